The minimum Gasteiger partial charge on any atom is -0.338 e. The second-order valence-electron chi connectivity index (χ2n) is 7.85. The van der Waals surface area contributed by atoms with E-state index in [9.17, 15) is 13.2 Å². The lowest BCUT2D eigenvalue weighted by Crippen LogP contribution is -2.31. The number of carbonyl (C=O) groups is 1. The van der Waals surface area contributed by atoms with E-state index < -0.39 is 22.0 Å². The molecular formula is C25H23ClN4O3S. The number of anilines is 1. The smallest absolute Gasteiger partial charge is 0.261 e. The molecule has 1 amide bonds. The van der Waals surface area contributed by atoms with Crippen molar-refractivity contribution in [3.8, 4) is 0 Å². The number of carbonyl (C=O) groups excluding carboxylic acids is 1. The van der Waals surface area contributed by atoms with Crippen molar-refractivity contribution >= 4 is 33.2 Å². The molecule has 1 atom stereocenters. The number of halogens is 1. The zero-order valence-electron chi connectivity index (χ0n) is 18.6. The van der Waals surface area contributed by atoms with Crippen molar-refractivity contribution in [2.24, 2.45) is 7.05 Å². The molecular weight excluding hydrogens is 472 g/mol. The maximum Gasteiger partial charge on any atom is 0.261 e. The second kappa shape index (κ2) is 9.70. The first-order valence-electron chi connectivity index (χ1n) is 10.5. The van der Waals surface area contributed by atoms with Gasteiger partial charge in [-0.15, -0.1) is 0 Å². The number of imidazole rings is 1. The summed E-state index contributed by atoms with van der Waals surface area (Å²) in [4.78, 5) is 17.6. The van der Waals surface area contributed by atoms with Gasteiger partial charge in [-0.3, -0.25) is 9.52 Å². The summed E-state index contributed by atoms with van der Waals surface area (Å²) in [6.45, 7) is 1.92. The summed E-state index contributed by atoms with van der Waals surface area (Å²) in [7, 11) is -2.04. The van der Waals surface area contributed by atoms with E-state index in [0.717, 1.165) is 11.1 Å². The van der Waals surface area contributed by atoms with Crippen molar-refractivity contribution in [1.82, 2.24) is 14.9 Å². The number of nitrogens with one attached hydrogen (secondary N) is 2. The van der Waals surface area contributed by atoms with E-state index >= 15 is 0 Å². The second-order valence-corrected chi connectivity index (χ2v) is 9.97. The van der Waals surface area contributed by atoms with Crippen LogP contribution in [0.4, 0.5) is 5.69 Å². The van der Waals surface area contributed by atoms with Crippen LogP contribution in [0.1, 0.15) is 33.4 Å². The van der Waals surface area contributed by atoms with Gasteiger partial charge in [0.1, 0.15) is 11.9 Å². The van der Waals surface area contributed by atoms with Gasteiger partial charge < -0.3 is 9.88 Å². The third kappa shape index (κ3) is 5.30. The zero-order valence-corrected chi connectivity index (χ0v) is 20.1. The van der Waals surface area contributed by atoms with Crippen LogP contribution in [0.2, 0.25) is 5.02 Å². The Morgan fingerprint density at radius 1 is 1.03 bits per heavy atom. The third-order valence-corrected chi connectivity index (χ3v) is 6.94. The summed E-state index contributed by atoms with van der Waals surface area (Å²) in [5.41, 5.74) is 2.46. The number of hydrogen-bond donors (Lipinski definition) is 2. The van der Waals surface area contributed by atoms with Crippen LogP contribution in [0.15, 0.2) is 90.1 Å². The average Bonchev–Trinajstić information content (AvgIpc) is 3.25. The Labute approximate surface area is 203 Å². The first-order valence-corrected chi connectivity index (χ1v) is 12.3. The fourth-order valence-electron chi connectivity index (χ4n) is 3.46. The SMILES string of the molecule is Cc1ccc(NS(=O)(=O)c2cccc(C(=O)NC(c3ccc(Cl)cc3)c3nccn3C)c2)cc1. The highest BCUT2D eigenvalue weighted by molar-refractivity contribution is 7.92. The standard InChI is InChI=1S/C25H23ClN4O3S/c1-17-6-12-21(13-7-17)29-34(32,33)22-5-3-4-19(16-22)25(31)28-23(24-27-14-15-30(24)2)18-8-10-20(26)11-9-18/h3-16,23,29H,1-2H3,(H,28,31). The molecule has 0 saturated carbocycles. The third-order valence-electron chi connectivity index (χ3n) is 5.31. The Morgan fingerprint density at radius 2 is 1.74 bits per heavy atom. The van der Waals surface area contributed by atoms with E-state index in [-0.39, 0.29) is 10.5 Å². The van der Waals surface area contributed by atoms with Gasteiger partial charge >= 0.3 is 0 Å². The minimum atomic E-state index is -3.88. The predicted molar refractivity (Wildman–Crippen MR) is 132 cm³/mol. The maximum atomic E-state index is 13.2. The van der Waals surface area contributed by atoms with Gasteiger partial charge in [-0.1, -0.05) is 47.5 Å². The van der Waals surface area contributed by atoms with Crippen molar-refractivity contribution < 1.29 is 13.2 Å². The van der Waals surface area contributed by atoms with Gasteiger partial charge in [0.15, 0.2) is 0 Å². The predicted octanol–water partition coefficient (Wildman–Crippen LogP) is 4.70. The molecule has 4 aromatic rings. The minimum absolute atomic E-state index is 0.0132. The topological polar surface area (TPSA) is 93.1 Å². The summed E-state index contributed by atoms with van der Waals surface area (Å²) < 4.78 is 30.2. The number of aromatic nitrogens is 2. The van der Waals surface area contributed by atoms with Gasteiger partial charge in [0.25, 0.3) is 15.9 Å². The molecule has 0 bridgehead atoms. The van der Waals surface area contributed by atoms with E-state index in [1.165, 1.54) is 18.2 Å². The summed E-state index contributed by atoms with van der Waals surface area (Å²) >= 11 is 6.03. The summed E-state index contributed by atoms with van der Waals surface area (Å²) in [6.07, 6.45) is 3.43. The van der Waals surface area contributed by atoms with Crippen molar-refractivity contribution in [1.29, 1.82) is 0 Å². The molecule has 0 saturated heterocycles. The molecule has 0 radical (unpaired) electrons. The average molecular weight is 495 g/mol. The molecule has 0 aliphatic carbocycles. The van der Waals surface area contributed by atoms with E-state index in [1.54, 1.807) is 42.7 Å². The van der Waals surface area contributed by atoms with Gasteiger partial charge in [-0.25, -0.2) is 13.4 Å². The largest absolute Gasteiger partial charge is 0.338 e. The fourth-order valence-corrected chi connectivity index (χ4v) is 4.69. The number of nitrogens with zero attached hydrogens (tertiary/aromatic N) is 2. The lowest BCUT2D eigenvalue weighted by atomic mass is 10.1. The Kier molecular flexibility index (Phi) is 6.72. The van der Waals surface area contributed by atoms with Crippen LogP contribution in [0.25, 0.3) is 0 Å². The van der Waals surface area contributed by atoms with Crippen molar-refractivity contribution in [2.45, 2.75) is 17.9 Å². The van der Waals surface area contributed by atoms with Crippen molar-refractivity contribution in [2.75, 3.05) is 4.72 Å². The highest BCUT2D eigenvalue weighted by Gasteiger charge is 2.23. The fraction of sp³-hybridized carbons (Fsp3) is 0.120. The molecule has 0 aliphatic heterocycles. The number of hydrogen-bond acceptors (Lipinski definition) is 4. The molecule has 1 unspecified atom stereocenters. The van der Waals surface area contributed by atoms with Crippen LogP contribution in [0.3, 0.4) is 0 Å². The lowest BCUT2D eigenvalue weighted by molar-refractivity contribution is 0.0941. The van der Waals surface area contributed by atoms with Crippen molar-refractivity contribution in [3.63, 3.8) is 0 Å². The van der Waals surface area contributed by atoms with E-state index in [0.29, 0.717) is 16.5 Å². The van der Waals surface area contributed by atoms with Gasteiger partial charge in [0.05, 0.1) is 4.90 Å². The Bertz CT molecular complexity index is 1420. The van der Waals surface area contributed by atoms with Crippen LogP contribution in [0.5, 0.6) is 0 Å². The highest BCUT2D eigenvalue weighted by Crippen LogP contribution is 2.24. The van der Waals surface area contributed by atoms with Gasteiger partial charge in [-0.2, -0.15) is 0 Å². The van der Waals surface area contributed by atoms with Crippen LogP contribution >= 0.6 is 11.6 Å². The number of sulfonamides is 1. The number of rotatable bonds is 7. The lowest BCUT2D eigenvalue weighted by Gasteiger charge is -2.19. The number of aryl methyl sites for hydroxylation is 2. The van der Waals surface area contributed by atoms with E-state index in [1.807, 2.05) is 42.8 Å². The molecule has 0 spiro atoms. The monoisotopic (exact) mass is 494 g/mol. The zero-order chi connectivity index (χ0) is 24.3. The maximum absolute atomic E-state index is 13.2. The highest BCUT2D eigenvalue weighted by atomic mass is 35.5. The summed E-state index contributed by atoms with van der Waals surface area (Å²) in [5.74, 6) is 0.191. The summed E-state index contributed by atoms with van der Waals surface area (Å²) in [5, 5.41) is 3.54. The molecule has 0 fully saturated rings. The first-order chi connectivity index (χ1) is 16.2. The molecule has 1 heterocycles. The first kappa shape index (κ1) is 23.5. The normalized spacial score (nSPS) is 12.2. The molecule has 3 aromatic carbocycles. The molecule has 1 aromatic heterocycles. The summed E-state index contributed by atoms with van der Waals surface area (Å²) in [6, 6.07) is 19.5. The molecule has 4 rings (SSSR count). The van der Waals surface area contributed by atoms with Crippen LogP contribution < -0.4 is 10.0 Å². The van der Waals surface area contributed by atoms with Gasteiger partial charge in [0.2, 0.25) is 0 Å². The number of amides is 1. The molecule has 9 heteroatoms. The van der Waals surface area contributed by atoms with Crippen molar-refractivity contribution in [3.05, 3.63) is 113 Å². The number of benzene rings is 3. The van der Waals surface area contributed by atoms with Crippen LogP contribution in [-0.2, 0) is 17.1 Å². The molecule has 174 valence electrons. The Morgan fingerprint density at radius 3 is 2.38 bits per heavy atom. The molecule has 34 heavy (non-hydrogen) atoms. The Balaban J connectivity index is 1.61. The molecule has 7 nitrogen and oxygen atoms in total. The van der Waals surface area contributed by atoms with Gasteiger partial charge in [-0.05, 0) is 55.0 Å². The van der Waals surface area contributed by atoms with Gasteiger partial charge in [0, 0.05) is 35.7 Å². The van der Waals surface area contributed by atoms with Crippen LogP contribution in [0, 0.1) is 6.92 Å². The van der Waals surface area contributed by atoms with Crippen LogP contribution in [-0.4, -0.2) is 23.9 Å². The molecule has 2 N–H and O–H groups in total. The quantitative estimate of drug-likeness (QED) is 0.389. The Hall–Kier alpha value is -3.62. The van der Waals surface area contributed by atoms with E-state index in [2.05, 4.69) is 15.0 Å². The molecule has 0 aliphatic rings. The van der Waals surface area contributed by atoms with E-state index in [4.69, 9.17) is 11.6 Å².